The van der Waals surface area contributed by atoms with E-state index in [1.807, 2.05) is 12.1 Å². The molecule has 0 atom stereocenters. The average Bonchev–Trinajstić information content (AvgIpc) is 2.91. The number of anilines is 3. The van der Waals surface area contributed by atoms with Gasteiger partial charge in [0, 0.05) is 49.5 Å². The van der Waals surface area contributed by atoms with Crippen LogP contribution in [0.3, 0.4) is 0 Å². The second kappa shape index (κ2) is 11.9. The van der Waals surface area contributed by atoms with Crippen molar-refractivity contribution in [3.05, 3.63) is 54.4 Å². The molecule has 11 heteroatoms. The van der Waals surface area contributed by atoms with Crippen LogP contribution in [0, 0.1) is 11.3 Å². The van der Waals surface area contributed by atoms with E-state index in [0.717, 1.165) is 45.1 Å². The second-order valence-electron chi connectivity index (χ2n) is 9.26. The first kappa shape index (κ1) is 25.4. The molecule has 2 saturated heterocycles. The Hall–Kier alpha value is -4.27. The lowest BCUT2D eigenvalue weighted by Crippen LogP contribution is -2.56. The van der Waals surface area contributed by atoms with Gasteiger partial charge in [0.2, 0.25) is 11.9 Å². The number of nitriles is 1. The van der Waals surface area contributed by atoms with Crippen LogP contribution in [0.2, 0.25) is 0 Å². The maximum Gasteiger partial charge on any atom is 0.230 e. The van der Waals surface area contributed by atoms with Crippen LogP contribution in [-0.2, 0) is 9.53 Å². The fourth-order valence-electron chi connectivity index (χ4n) is 4.47. The summed E-state index contributed by atoms with van der Waals surface area (Å²) >= 11 is 0. The number of carbonyl (C=O) groups is 1. The van der Waals surface area contributed by atoms with Crippen LogP contribution >= 0.6 is 0 Å². The molecule has 0 radical (unpaired) electrons. The van der Waals surface area contributed by atoms with Gasteiger partial charge in [-0.3, -0.25) is 9.69 Å². The molecule has 2 aliphatic heterocycles. The topological polar surface area (TPSA) is 143 Å². The Balaban J connectivity index is 1.20. The molecule has 3 N–H and O–H groups in total. The highest BCUT2D eigenvalue weighted by molar-refractivity contribution is 5.73. The summed E-state index contributed by atoms with van der Waals surface area (Å²) in [5, 5.41) is 12.8. The van der Waals surface area contributed by atoms with Gasteiger partial charge in [-0.1, -0.05) is 0 Å². The van der Waals surface area contributed by atoms with Gasteiger partial charge in [0.05, 0.1) is 31.4 Å². The first-order valence-corrected chi connectivity index (χ1v) is 12.7. The van der Waals surface area contributed by atoms with Crippen LogP contribution < -0.4 is 20.7 Å². The number of rotatable bonds is 10. The Kier molecular flexibility index (Phi) is 7.92. The molecule has 0 aliphatic carbocycles. The maximum absolute atomic E-state index is 10.9. The van der Waals surface area contributed by atoms with Crippen molar-refractivity contribution in [1.82, 2.24) is 19.9 Å². The molecule has 1 amide bonds. The molecular formula is C27H30N8O3. The molecule has 2 aliphatic rings. The van der Waals surface area contributed by atoms with Gasteiger partial charge in [-0.15, -0.1) is 0 Å². The largest absolute Gasteiger partial charge is 0.492 e. The third kappa shape index (κ3) is 6.16. The minimum atomic E-state index is -0.381. The lowest BCUT2D eigenvalue weighted by Gasteiger charge is -2.43. The van der Waals surface area contributed by atoms with Crippen molar-refractivity contribution in [2.45, 2.75) is 18.9 Å². The molecule has 2 aromatic carbocycles. The highest BCUT2D eigenvalue weighted by atomic mass is 16.5. The predicted molar refractivity (Wildman–Crippen MR) is 142 cm³/mol. The summed E-state index contributed by atoms with van der Waals surface area (Å²) in [6, 6.07) is 16.1. The summed E-state index contributed by atoms with van der Waals surface area (Å²) in [7, 11) is 0. The smallest absolute Gasteiger partial charge is 0.230 e. The van der Waals surface area contributed by atoms with E-state index in [-0.39, 0.29) is 12.3 Å². The van der Waals surface area contributed by atoms with Gasteiger partial charge >= 0.3 is 0 Å². The minimum Gasteiger partial charge on any atom is -0.492 e. The third-order valence-corrected chi connectivity index (χ3v) is 6.69. The molecule has 0 bridgehead atoms. The molecule has 5 rings (SSSR count). The number of hydrogen-bond acceptors (Lipinski definition) is 10. The second-order valence-corrected chi connectivity index (χ2v) is 9.26. The summed E-state index contributed by atoms with van der Waals surface area (Å²) in [6.45, 7) is 6.12. The zero-order valence-electron chi connectivity index (χ0n) is 21.0. The zero-order valence-corrected chi connectivity index (χ0v) is 21.0. The molecule has 0 saturated carbocycles. The Bertz CT molecular complexity index is 1300. The minimum absolute atomic E-state index is 0.233. The maximum atomic E-state index is 10.9. The van der Waals surface area contributed by atoms with Gasteiger partial charge < -0.3 is 25.4 Å². The van der Waals surface area contributed by atoms with Gasteiger partial charge in [-0.25, -0.2) is 9.97 Å². The van der Waals surface area contributed by atoms with Gasteiger partial charge in [-0.05, 0) is 48.9 Å². The summed E-state index contributed by atoms with van der Waals surface area (Å²) < 4.78 is 11.0. The lowest BCUT2D eigenvalue weighted by molar-refractivity contribution is -0.118. The summed E-state index contributed by atoms with van der Waals surface area (Å²) in [5.74, 6) is 0.898. The Morgan fingerprint density at radius 1 is 1.13 bits per heavy atom. The molecule has 0 spiro atoms. The molecule has 196 valence electrons. The fourth-order valence-corrected chi connectivity index (χ4v) is 4.47. The number of nitrogens with zero attached hydrogens (tertiary/aromatic N) is 6. The van der Waals surface area contributed by atoms with Crippen molar-refractivity contribution in [2.24, 2.45) is 5.73 Å². The quantitative estimate of drug-likeness (QED) is 0.387. The van der Waals surface area contributed by atoms with Crippen LogP contribution in [0.25, 0.3) is 11.4 Å². The van der Waals surface area contributed by atoms with Crippen molar-refractivity contribution < 1.29 is 14.3 Å². The third-order valence-electron chi connectivity index (χ3n) is 6.69. The number of benzene rings is 2. The molecular weight excluding hydrogens is 484 g/mol. The molecule has 3 heterocycles. The van der Waals surface area contributed by atoms with E-state index in [0.29, 0.717) is 47.7 Å². The number of primary amides is 1. The van der Waals surface area contributed by atoms with Crippen LogP contribution in [0.15, 0.2) is 48.8 Å². The van der Waals surface area contributed by atoms with E-state index in [4.69, 9.17) is 15.2 Å². The van der Waals surface area contributed by atoms with Crippen molar-refractivity contribution in [3.63, 3.8) is 0 Å². The number of ether oxygens (including phenoxy) is 2. The lowest BCUT2D eigenvalue weighted by atomic mass is 10.1. The average molecular weight is 515 g/mol. The van der Waals surface area contributed by atoms with Crippen molar-refractivity contribution in [1.29, 1.82) is 5.26 Å². The van der Waals surface area contributed by atoms with E-state index < -0.39 is 0 Å². The number of nitrogens with two attached hydrogens (primary N) is 1. The highest BCUT2D eigenvalue weighted by Crippen LogP contribution is 2.26. The molecule has 2 fully saturated rings. The number of amides is 1. The standard InChI is InChI=1S/C27H30N8O3/c28-15-20-14-19(3-8-24(20)38-13-1-2-25(29)36)26-30-18-31-27(33-26)32-21-4-6-22(7-5-21)34-9-11-35(12-10-34)23-16-37-17-23/h3-8,14,18,23H,1-2,9-13,16-17H2,(H2,29,36)(H,30,31,32,33). The van der Waals surface area contributed by atoms with E-state index >= 15 is 0 Å². The number of nitrogens with one attached hydrogen (secondary N) is 1. The molecule has 1 aromatic heterocycles. The van der Waals surface area contributed by atoms with Crippen LogP contribution in [0.1, 0.15) is 18.4 Å². The van der Waals surface area contributed by atoms with E-state index in [1.54, 1.807) is 18.2 Å². The van der Waals surface area contributed by atoms with Crippen molar-refractivity contribution >= 4 is 23.2 Å². The summed E-state index contributed by atoms with van der Waals surface area (Å²) in [6.07, 6.45) is 2.15. The molecule has 11 nitrogen and oxygen atoms in total. The number of aromatic nitrogens is 3. The SMILES string of the molecule is N#Cc1cc(-c2ncnc(Nc3ccc(N4CCN(C5COC5)CC4)cc3)n2)ccc1OCCCC(N)=O. The first-order valence-electron chi connectivity index (χ1n) is 12.7. The van der Waals surface area contributed by atoms with E-state index in [1.165, 1.54) is 12.0 Å². The normalized spacial score (nSPS) is 15.9. The van der Waals surface area contributed by atoms with Crippen LogP contribution in [0.5, 0.6) is 5.75 Å². The van der Waals surface area contributed by atoms with Crippen LogP contribution in [-0.4, -0.2) is 77.8 Å². The monoisotopic (exact) mass is 514 g/mol. The Morgan fingerprint density at radius 2 is 1.92 bits per heavy atom. The number of carbonyl (C=O) groups excluding carboxylic acids is 1. The molecule has 0 unspecified atom stereocenters. The Morgan fingerprint density at radius 3 is 2.61 bits per heavy atom. The summed E-state index contributed by atoms with van der Waals surface area (Å²) in [5.41, 5.74) is 8.23. The van der Waals surface area contributed by atoms with E-state index in [2.05, 4.69) is 48.3 Å². The van der Waals surface area contributed by atoms with Crippen molar-refractivity contribution in [3.8, 4) is 23.2 Å². The van der Waals surface area contributed by atoms with Gasteiger partial charge in [0.25, 0.3) is 0 Å². The molecule has 3 aromatic rings. The predicted octanol–water partition coefficient (Wildman–Crippen LogP) is 2.32. The van der Waals surface area contributed by atoms with Gasteiger partial charge in [-0.2, -0.15) is 10.2 Å². The summed E-state index contributed by atoms with van der Waals surface area (Å²) in [4.78, 5) is 28.8. The van der Waals surface area contributed by atoms with Gasteiger partial charge in [0.15, 0.2) is 5.82 Å². The molecule has 38 heavy (non-hydrogen) atoms. The Labute approximate surface area is 221 Å². The van der Waals surface area contributed by atoms with Crippen molar-refractivity contribution in [2.75, 3.05) is 56.2 Å². The fraction of sp³-hybridized carbons (Fsp3) is 0.370. The van der Waals surface area contributed by atoms with Crippen LogP contribution in [0.4, 0.5) is 17.3 Å². The highest BCUT2D eigenvalue weighted by Gasteiger charge is 2.28. The van der Waals surface area contributed by atoms with Gasteiger partial charge in [0.1, 0.15) is 18.1 Å². The first-order chi connectivity index (χ1) is 18.6. The zero-order chi connectivity index (χ0) is 26.3. The number of hydrogen-bond donors (Lipinski definition) is 2. The van der Waals surface area contributed by atoms with E-state index in [9.17, 15) is 10.1 Å². The number of piperazine rings is 1.